The highest BCUT2D eigenvalue weighted by atomic mass is 19.3. The van der Waals surface area contributed by atoms with Crippen molar-refractivity contribution in [2.45, 2.75) is 82.0 Å². The minimum atomic E-state index is -2.85. The number of carbonyl (C=O) groups excluding carboxylic acids is 1. The summed E-state index contributed by atoms with van der Waals surface area (Å²) in [6.07, 6.45) is 8.53. The molecule has 1 aliphatic carbocycles. The number of carbonyl (C=O) groups is 1. The molecule has 14 heteroatoms. The van der Waals surface area contributed by atoms with Crippen LogP contribution in [0.5, 0.6) is 0 Å². The monoisotopic (exact) mass is 695 g/mol. The van der Waals surface area contributed by atoms with Crippen molar-refractivity contribution in [1.29, 1.82) is 0 Å². The molecule has 1 spiro atoms. The Morgan fingerprint density at radius 2 is 1.86 bits per heavy atom. The van der Waals surface area contributed by atoms with E-state index in [1.54, 1.807) is 19.1 Å². The topological polar surface area (TPSA) is 102 Å². The van der Waals surface area contributed by atoms with Crippen LogP contribution in [0.25, 0.3) is 5.65 Å². The molecule has 0 radical (unpaired) electrons. The minimum Gasteiger partial charge on any atom is -0.385 e. The molecule has 5 aliphatic rings. The molecule has 1 saturated carbocycles. The fraction of sp³-hybridized carbons (Fsp3) is 0.639. The van der Waals surface area contributed by atoms with Gasteiger partial charge in [-0.3, -0.25) is 14.6 Å². The summed E-state index contributed by atoms with van der Waals surface area (Å²) in [6, 6.07) is 4.01. The number of nitrogens with one attached hydrogen (secondary N) is 3. The number of hydrogen-bond acceptors (Lipinski definition) is 9. The van der Waals surface area contributed by atoms with Crippen LogP contribution in [0.2, 0.25) is 0 Å². The summed E-state index contributed by atoms with van der Waals surface area (Å²) in [5, 5.41) is 14.4. The van der Waals surface area contributed by atoms with Crippen molar-refractivity contribution >= 4 is 28.7 Å². The second-order valence-electron chi connectivity index (χ2n) is 15.0. The van der Waals surface area contributed by atoms with Crippen LogP contribution in [-0.4, -0.2) is 114 Å². The highest BCUT2D eigenvalue weighted by Crippen LogP contribution is 2.43. The van der Waals surface area contributed by atoms with Gasteiger partial charge in [-0.15, -0.1) is 5.10 Å². The van der Waals surface area contributed by atoms with Crippen molar-refractivity contribution < 1.29 is 22.7 Å². The quantitative estimate of drug-likeness (QED) is 0.321. The molecule has 50 heavy (non-hydrogen) atoms. The Balaban J connectivity index is 0.989. The minimum absolute atomic E-state index is 0.0148. The van der Waals surface area contributed by atoms with Crippen LogP contribution in [0.15, 0.2) is 24.4 Å². The van der Waals surface area contributed by atoms with Crippen LogP contribution in [0, 0.1) is 11.2 Å². The molecule has 8 rings (SSSR count). The van der Waals surface area contributed by atoms with Crippen LogP contribution in [0.3, 0.4) is 0 Å². The van der Waals surface area contributed by atoms with Gasteiger partial charge in [0.05, 0.1) is 36.6 Å². The number of benzene rings is 1. The molecule has 1 amide bonds. The van der Waals surface area contributed by atoms with Crippen LogP contribution in [0.4, 0.5) is 30.4 Å². The van der Waals surface area contributed by atoms with Gasteiger partial charge >= 0.3 is 0 Å². The largest absolute Gasteiger partial charge is 0.385 e. The number of imidazole rings is 1. The Bertz CT molecular complexity index is 1730. The lowest BCUT2D eigenvalue weighted by atomic mass is 9.71. The van der Waals surface area contributed by atoms with E-state index in [0.29, 0.717) is 59.9 Å². The summed E-state index contributed by atoms with van der Waals surface area (Å²) in [5.74, 6) is -3.03. The molecular weight excluding hydrogens is 647 g/mol. The predicted octanol–water partition coefficient (Wildman–Crippen LogP) is 4.19. The summed E-state index contributed by atoms with van der Waals surface area (Å²) in [5.41, 5.74) is 4.11. The first-order valence-electron chi connectivity index (χ1n) is 18.2. The van der Waals surface area contributed by atoms with Crippen LogP contribution in [-0.2, 0) is 17.7 Å². The van der Waals surface area contributed by atoms with E-state index in [-0.39, 0.29) is 31.1 Å². The molecule has 3 aromatic rings. The lowest BCUT2D eigenvalue weighted by molar-refractivity contribution is -0.138. The number of rotatable bonds is 8. The average Bonchev–Trinajstić information content (AvgIpc) is 3.72. The first-order valence-corrected chi connectivity index (χ1v) is 18.2. The highest BCUT2D eigenvalue weighted by molar-refractivity contribution is 5.94. The molecule has 6 heterocycles. The van der Waals surface area contributed by atoms with Gasteiger partial charge < -0.3 is 25.6 Å². The predicted molar refractivity (Wildman–Crippen MR) is 185 cm³/mol. The zero-order valence-corrected chi connectivity index (χ0v) is 29.0. The van der Waals surface area contributed by atoms with E-state index in [0.717, 1.165) is 75.8 Å². The van der Waals surface area contributed by atoms with E-state index < -0.39 is 17.8 Å². The number of piperidine rings is 3. The number of likely N-dealkylation sites (tertiary alicyclic amines) is 2. The normalized spacial score (nSPS) is 26.6. The molecule has 0 unspecified atom stereocenters. The molecular formula is C36H48F3N9O2. The molecule has 1 aromatic carbocycles. The Morgan fingerprint density at radius 3 is 2.56 bits per heavy atom. The molecule has 3 saturated heterocycles. The lowest BCUT2D eigenvalue weighted by Crippen LogP contribution is -2.60. The number of nitrogens with zero attached hydrogens (tertiary/aromatic N) is 6. The zero-order chi connectivity index (χ0) is 34.6. The standard InChI is InChI=1S/C36H48F3N9O2/c1-40-27-19-32(44-48-29(20-42-33(27)48)34(49)43-26-3-4-30(26)50-2)47-14-5-25-23(17-24(37)18-28(25)47)21-45-13-6-31(36(38,39)22-45)46-15-9-35(10-16-46)7-11-41-12-8-35/h17-20,26,30-31,40-41H,3-16,21-22H2,1-2H3,(H,43,49)/t26-,30-,31+/m1/s1. The SMILES string of the molecule is CNc1cc(N2CCc3c(CN4CC[C@H](N5CCC6(CCNCC6)CC5)C(F)(F)C4)cc(F)cc32)nn2c(C(=O)N[C@@H]3CC[C@H]3OC)cnc12. The van der Waals surface area contributed by atoms with Crippen molar-refractivity contribution in [2.75, 3.05) is 70.2 Å². The third-order valence-corrected chi connectivity index (χ3v) is 12.2. The number of alkyl halides is 2. The van der Waals surface area contributed by atoms with Gasteiger partial charge in [0.25, 0.3) is 11.8 Å². The van der Waals surface area contributed by atoms with Crippen molar-refractivity contribution in [2.24, 2.45) is 5.41 Å². The summed E-state index contributed by atoms with van der Waals surface area (Å²) in [6.45, 7) is 4.54. The number of hydrogen-bond donors (Lipinski definition) is 3. The van der Waals surface area contributed by atoms with Crippen molar-refractivity contribution in [3.63, 3.8) is 0 Å². The summed E-state index contributed by atoms with van der Waals surface area (Å²) >= 11 is 0. The maximum Gasteiger partial charge on any atom is 0.275 e. The van der Waals surface area contributed by atoms with Crippen molar-refractivity contribution in [1.82, 2.24) is 35.0 Å². The van der Waals surface area contributed by atoms with Gasteiger partial charge in [-0.2, -0.15) is 0 Å². The van der Waals surface area contributed by atoms with Gasteiger partial charge in [0.2, 0.25) is 0 Å². The zero-order valence-electron chi connectivity index (χ0n) is 29.0. The Labute approximate surface area is 290 Å². The smallest absolute Gasteiger partial charge is 0.275 e. The van der Waals surface area contributed by atoms with Crippen molar-refractivity contribution in [3.05, 3.63) is 47.0 Å². The van der Waals surface area contributed by atoms with Crippen LogP contribution < -0.4 is 20.9 Å². The Kier molecular flexibility index (Phi) is 8.93. The Hall–Kier alpha value is -3.46. The van der Waals surface area contributed by atoms with E-state index in [2.05, 4.69) is 20.9 Å². The number of amides is 1. The van der Waals surface area contributed by atoms with Gasteiger partial charge in [-0.1, -0.05) is 0 Å². The highest BCUT2D eigenvalue weighted by Gasteiger charge is 2.49. The number of halogens is 3. The van der Waals surface area contributed by atoms with E-state index in [1.807, 2.05) is 15.9 Å². The molecule has 0 bridgehead atoms. The third-order valence-electron chi connectivity index (χ3n) is 12.2. The van der Waals surface area contributed by atoms with Gasteiger partial charge in [0.15, 0.2) is 17.2 Å². The lowest BCUT2D eigenvalue weighted by Gasteiger charge is -2.50. The maximum absolute atomic E-state index is 15.8. The third kappa shape index (κ3) is 6.11. The van der Waals surface area contributed by atoms with E-state index in [1.165, 1.54) is 22.8 Å². The second kappa shape index (κ2) is 13.3. The molecule has 4 aliphatic heterocycles. The summed E-state index contributed by atoms with van der Waals surface area (Å²) < 4.78 is 53.9. The second-order valence-corrected chi connectivity index (χ2v) is 15.0. The van der Waals surface area contributed by atoms with E-state index >= 15 is 13.2 Å². The molecule has 11 nitrogen and oxygen atoms in total. The number of fused-ring (bicyclic) bond motifs is 2. The van der Waals surface area contributed by atoms with Gasteiger partial charge in [0.1, 0.15) is 5.82 Å². The molecule has 3 atom stereocenters. The number of anilines is 3. The molecule has 270 valence electrons. The summed E-state index contributed by atoms with van der Waals surface area (Å²) in [4.78, 5) is 23.5. The summed E-state index contributed by atoms with van der Waals surface area (Å²) in [7, 11) is 3.42. The van der Waals surface area contributed by atoms with Gasteiger partial charge in [-0.25, -0.2) is 22.7 Å². The number of methoxy groups -OCH3 is 1. The molecule has 4 fully saturated rings. The van der Waals surface area contributed by atoms with Gasteiger partial charge in [-0.05, 0) is 106 Å². The van der Waals surface area contributed by atoms with E-state index in [9.17, 15) is 4.79 Å². The van der Waals surface area contributed by atoms with E-state index in [4.69, 9.17) is 9.84 Å². The fourth-order valence-electron chi connectivity index (χ4n) is 9.11. The first-order chi connectivity index (χ1) is 24.2. The van der Waals surface area contributed by atoms with Gasteiger partial charge in [0, 0.05) is 45.5 Å². The Morgan fingerprint density at radius 1 is 1.06 bits per heavy atom. The van der Waals surface area contributed by atoms with Crippen molar-refractivity contribution in [3.8, 4) is 0 Å². The fourth-order valence-corrected chi connectivity index (χ4v) is 9.11. The molecule has 3 N–H and O–H groups in total. The number of aromatic nitrogens is 3. The number of ether oxygens (including phenoxy) is 1. The first kappa shape index (κ1) is 33.7. The molecule has 2 aromatic heterocycles. The maximum atomic E-state index is 15.8. The average molecular weight is 696 g/mol. The van der Waals surface area contributed by atoms with Crippen LogP contribution >= 0.6 is 0 Å². The van der Waals surface area contributed by atoms with Crippen LogP contribution in [0.1, 0.15) is 66.6 Å².